The molecular formula is C22H14F3N3OS2. The summed E-state index contributed by atoms with van der Waals surface area (Å²) in [5.41, 5.74) is 0.958. The number of carbonyl (C=O) groups excluding carboxylic acids is 1. The second kappa shape index (κ2) is 8.29. The Morgan fingerprint density at radius 2 is 1.87 bits per heavy atom. The first-order chi connectivity index (χ1) is 14.8. The maximum absolute atomic E-state index is 13.3. The quantitative estimate of drug-likeness (QED) is 0.438. The summed E-state index contributed by atoms with van der Waals surface area (Å²) in [5, 5.41) is 9.70. The molecule has 0 fully saturated rings. The molecule has 156 valence electrons. The number of alkyl halides is 3. The molecule has 1 aliphatic rings. The van der Waals surface area contributed by atoms with Gasteiger partial charge in [-0.1, -0.05) is 35.7 Å². The smallest absolute Gasteiger partial charge is 0.278 e. The highest BCUT2D eigenvalue weighted by molar-refractivity contribution is 8.00. The van der Waals surface area contributed by atoms with Crippen molar-refractivity contribution in [3.63, 3.8) is 0 Å². The Kier molecular flexibility index (Phi) is 5.69. The van der Waals surface area contributed by atoms with Crippen molar-refractivity contribution in [1.82, 2.24) is 4.98 Å². The number of carbonyl (C=O) groups is 1. The summed E-state index contributed by atoms with van der Waals surface area (Å²) in [6.07, 6.45) is -4.52. The highest BCUT2D eigenvalue weighted by atomic mass is 32.2. The van der Waals surface area contributed by atoms with E-state index >= 15 is 0 Å². The van der Waals surface area contributed by atoms with Crippen LogP contribution in [0.4, 0.5) is 24.5 Å². The molecule has 0 saturated carbocycles. The lowest BCUT2D eigenvalue weighted by Gasteiger charge is -2.31. The number of benzene rings is 2. The number of amides is 1. The molecule has 2 aromatic carbocycles. The first kappa shape index (κ1) is 21.3. The van der Waals surface area contributed by atoms with Crippen molar-refractivity contribution in [2.75, 3.05) is 10.7 Å². The zero-order valence-electron chi connectivity index (χ0n) is 16.1. The molecule has 0 bridgehead atoms. The SMILES string of the molecule is Cc1ccc(C#N)c(SCC(=O)N2c3ccccc3Sc3ccc(C(F)(F)F)cc32)n1. The van der Waals surface area contributed by atoms with Gasteiger partial charge in [0.05, 0.1) is 28.3 Å². The molecule has 0 radical (unpaired) electrons. The Balaban J connectivity index is 1.71. The predicted molar refractivity (Wildman–Crippen MR) is 114 cm³/mol. The number of halogens is 3. The normalized spacial score (nSPS) is 12.7. The Bertz CT molecular complexity index is 1220. The van der Waals surface area contributed by atoms with Crippen molar-refractivity contribution in [2.45, 2.75) is 27.9 Å². The minimum Gasteiger partial charge on any atom is -0.278 e. The molecule has 3 aromatic rings. The number of pyridine rings is 1. The molecule has 1 amide bonds. The number of thioether (sulfide) groups is 1. The fourth-order valence-corrected chi connectivity index (χ4v) is 5.03. The number of hydrogen-bond acceptors (Lipinski definition) is 5. The first-order valence-corrected chi connectivity index (χ1v) is 10.9. The van der Waals surface area contributed by atoms with E-state index in [-0.39, 0.29) is 11.4 Å². The van der Waals surface area contributed by atoms with Crippen LogP contribution in [0.25, 0.3) is 0 Å². The van der Waals surface area contributed by atoms with Crippen LogP contribution in [0.15, 0.2) is 69.4 Å². The minimum absolute atomic E-state index is 0.0835. The zero-order valence-corrected chi connectivity index (χ0v) is 17.7. The third kappa shape index (κ3) is 4.27. The van der Waals surface area contributed by atoms with Gasteiger partial charge >= 0.3 is 6.18 Å². The van der Waals surface area contributed by atoms with Gasteiger partial charge in [0.1, 0.15) is 11.1 Å². The number of aromatic nitrogens is 1. The Hall–Kier alpha value is -2.96. The largest absolute Gasteiger partial charge is 0.416 e. The summed E-state index contributed by atoms with van der Waals surface area (Å²) in [6, 6.07) is 15.9. The molecule has 9 heteroatoms. The van der Waals surface area contributed by atoms with Crippen LogP contribution in [0.2, 0.25) is 0 Å². The van der Waals surface area contributed by atoms with Crippen molar-refractivity contribution in [2.24, 2.45) is 0 Å². The third-order valence-corrected chi connectivity index (χ3v) is 6.66. The molecular weight excluding hydrogens is 443 g/mol. The number of fused-ring (bicyclic) bond motifs is 2. The number of nitriles is 1. The van der Waals surface area contributed by atoms with Crippen LogP contribution in [0.1, 0.15) is 16.8 Å². The summed E-state index contributed by atoms with van der Waals surface area (Å²) in [4.78, 5) is 20.2. The van der Waals surface area contributed by atoms with Crippen LogP contribution >= 0.6 is 23.5 Å². The summed E-state index contributed by atoms with van der Waals surface area (Å²) in [7, 11) is 0. The molecule has 0 saturated heterocycles. The molecule has 0 atom stereocenters. The lowest BCUT2D eigenvalue weighted by Crippen LogP contribution is -2.30. The van der Waals surface area contributed by atoms with Gasteiger partial charge in [0, 0.05) is 15.5 Å². The summed E-state index contributed by atoms with van der Waals surface area (Å²) in [6.45, 7) is 1.78. The second-order valence-electron chi connectivity index (χ2n) is 6.69. The van der Waals surface area contributed by atoms with Crippen LogP contribution in [-0.2, 0) is 11.0 Å². The van der Waals surface area contributed by atoms with E-state index in [4.69, 9.17) is 0 Å². The van der Waals surface area contributed by atoms with Crippen molar-refractivity contribution >= 4 is 40.8 Å². The number of aryl methyl sites for hydroxylation is 1. The summed E-state index contributed by atoms with van der Waals surface area (Å²) in [5.74, 6) is -0.481. The van der Waals surface area contributed by atoms with Gasteiger partial charge in [0.25, 0.3) is 0 Å². The standard InChI is InChI=1S/C22H14F3N3OS2/c1-13-6-7-14(11-26)21(27-13)30-12-20(29)28-16-4-2-3-5-18(16)31-19-9-8-15(10-17(19)28)22(23,24)25/h2-10H,12H2,1H3. The summed E-state index contributed by atoms with van der Waals surface area (Å²) < 4.78 is 40.0. The molecule has 31 heavy (non-hydrogen) atoms. The number of para-hydroxylation sites is 1. The van der Waals surface area contributed by atoms with Gasteiger partial charge in [0.15, 0.2) is 0 Å². The van der Waals surface area contributed by atoms with E-state index in [0.717, 1.165) is 28.8 Å². The molecule has 0 aliphatic carbocycles. The monoisotopic (exact) mass is 457 g/mol. The molecule has 0 N–H and O–H groups in total. The molecule has 1 aliphatic heterocycles. The fraction of sp³-hybridized carbons (Fsp3) is 0.136. The van der Waals surface area contributed by atoms with Gasteiger partial charge < -0.3 is 0 Å². The molecule has 0 spiro atoms. The fourth-order valence-electron chi connectivity index (χ4n) is 3.12. The lowest BCUT2D eigenvalue weighted by molar-refractivity contribution is -0.137. The van der Waals surface area contributed by atoms with Crippen LogP contribution in [-0.4, -0.2) is 16.6 Å². The second-order valence-corrected chi connectivity index (χ2v) is 8.73. The van der Waals surface area contributed by atoms with Gasteiger partial charge in [0.2, 0.25) is 5.91 Å². The molecule has 2 heterocycles. The van der Waals surface area contributed by atoms with Crippen LogP contribution in [0.5, 0.6) is 0 Å². The zero-order chi connectivity index (χ0) is 22.2. The van der Waals surface area contributed by atoms with E-state index in [9.17, 15) is 23.2 Å². The maximum Gasteiger partial charge on any atom is 0.416 e. The van der Waals surface area contributed by atoms with E-state index in [0.29, 0.717) is 26.9 Å². The van der Waals surface area contributed by atoms with Crippen molar-refractivity contribution in [3.8, 4) is 6.07 Å². The van der Waals surface area contributed by atoms with Gasteiger partial charge in [-0.05, 0) is 49.4 Å². The summed E-state index contributed by atoms with van der Waals surface area (Å²) >= 11 is 2.41. The van der Waals surface area contributed by atoms with Crippen LogP contribution in [0.3, 0.4) is 0 Å². The van der Waals surface area contributed by atoms with Gasteiger partial charge in [-0.3, -0.25) is 9.69 Å². The number of hydrogen-bond donors (Lipinski definition) is 0. The third-order valence-electron chi connectivity index (χ3n) is 4.55. The van der Waals surface area contributed by atoms with Gasteiger partial charge in [-0.15, -0.1) is 0 Å². The van der Waals surface area contributed by atoms with Crippen molar-refractivity contribution in [3.05, 3.63) is 71.4 Å². The Labute approximate surface area is 185 Å². The Morgan fingerprint density at radius 1 is 1.13 bits per heavy atom. The number of anilines is 2. The van der Waals surface area contributed by atoms with E-state index < -0.39 is 17.6 Å². The maximum atomic E-state index is 13.3. The number of nitrogens with zero attached hydrogens (tertiary/aromatic N) is 3. The van der Waals surface area contributed by atoms with E-state index in [1.807, 2.05) is 18.2 Å². The van der Waals surface area contributed by atoms with Crippen molar-refractivity contribution in [1.29, 1.82) is 5.26 Å². The van der Waals surface area contributed by atoms with Gasteiger partial charge in [-0.25, -0.2) is 4.98 Å². The van der Waals surface area contributed by atoms with E-state index in [1.54, 1.807) is 31.2 Å². The topological polar surface area (TPSA) is 57.0 Å². The highest BCUT2D eigenvalue weighted by Gasteiger charge is 2.34. The predicted octanol–water partition coefficient (Wildman–Crippen LogP) is 6.20. The van der Waals surface area contributed by atoms with E-state index in [2.05, 4.69) is 4.98 Å². The average molecular weight is 458 g/mol. The molecule has 0 unspecified atom stereocenters. The molecule has 4 nitrogen and oxygen atoms in total. The number of rotatable bonds is 3. The Morgan fingerprint density at radius 3 is 2.61 bits per heavy atom. The molecule has 1 aromatic heterocycles. The lowest BCUT2D eigenvalue weighted by atomic mass is 10.1. The van der Waals surface area contributed by atoms with Crippen LogP contribution in [0, 0.1) is 18.3 Å². The first-order valence-electron chi connectivity index (χ1n) is 9.09. The minimum atomic E-state index is -4.52. The highest BCUT2D eigenvalue weighted by Crippen LogP contribution is 2.49. The van der Waals surface area contributed by atoms with Gasteiger partial charge in [-0.2, -0.15) is 18.4 Å². The average Bonchev–Trinajstić information content (AvgIpc) is 2.74. The van der Waals surface area contributed by atoms with Crippen LogP contribution < -0.4 is 4.90 Å². The van der Waals surface area contributed by atoms with E-state index in [1.165, 1.54) is 22.7 Å². The molecule has 4 rings (SSSR count). The van der Waals surface area contributed by atoms with Crippen molar-refractivity contribution < 1.29 is 18.0 Å².